The molecule has 0 unspecified atom stereocenters. The van der Waals surface area contributed by atoms with E-state index >= 15 is 0 Å². The minimum atomic E-state index is -0.380. The third-order valence-electron chi connectivity index (χ3n) is 2.25. The van der Waals surface area contributed by atoms with Gasteiger partial charge in [0.1, 0.15) is 0 Å². The maximum Gasteiger partial charge on any atom is 0.231 e. The van der Waals surface area contributed by atoms with Crippen LogP contribution in [0.1, 0.15) is 12.5 Å². The maximum absolute atomic E-state index is 9.31. The molecule has 82 valence electrons. The minimum absolute atomic E-state index is 0.226. The van der Waals surface area contributed by atoms with Gasteiger partial charge in [-0.1, -0.05) is 0 Å². The summed E-state index contributed by atoms with van der Waals surface area (Å²) in [4.78, 5) is 0. The van der Waals surface area contributed by atoms with Crippen molar-refractivity contribution >= 4 is 0 Å². The van der Waals surface area contributed by atoms with Crippen LogP contribution in [0.3, 0.4) is 0 Å². The molecule has 1 atom stereocenters. The van der Waals surface area contributed by atoms with Crippen LogP contribution in [0.25, 0.3) is 0 Å². The molecule has 1 heterocycles. The molecule has 1 aliphatic heterocycles. The number of aliphatic hydroxyl groups is 1. The first kappa shape index (κ1) is 10.1. The molecule has 4 heteroatoms. The van der Waals surface area contributed by atoms with Crippen molar-refractivity contribution in [3.8, 4) is 17.2 Å². The summed E-state index contributed by atoms with van der Waals surface area (Å²) in [6, 6.07) is 3.73. The lowest BCUT2D eigenvalue weighted by molar-refractivity contribution is 0.171. The quantitative estimate of drug-likeness (QED) is 0.818. The molecule has 15 heavy (non-hydrogen) atoms. The van der Waals surface area contributed by atoms with E-state index in [1.54, 1.807) is 14.0 Å². The van der Waals surface area contributed by atoms with Gasteiger partial charge < -0.3 is 19.3 Å². The molecule has 4 nitrogen and oxygen atoms in total. The highest BCUT2D eigenvalue weighted by Gasteiger charge is 2.20. The number of benzene rings is 1. The Hall–Kier alpha value is -1.42. The zero-order valence-electron chi connectivity index (χ0n) is 8.82. The fraction of sp³-hybridized carbons (Fsp3) is 0.455. The van der Waals surface area contributed by atoms with Gasteiger partial charge in [0.25, 0.3) is 0 Å². The molecule has 0 radical (unpaired) electrons. The molecule has 0 saturated heterocycles. The van der Waals surface area contributed by atoms with Crippen LogP contribution in [0.2, 0.25) is 0 Å². The van der Waals surface area contributed by atoms with Gasteiger partial charge in [0.2, 0.25) is 12.5 Å². The van der Waals surface area contributed by atoms with Crippen LogP contribution in [-0.4, -0.2) is 25.1 Å². The van der Waals surface area contributed by atoms with E-state index in [1.807, 2.05) is 12.1 Å². The van der Waals surface area contributed by atoms with E-state index in [1.165, 1.54) is 0 Å². The second-order valence-electron chi connectivity index (χ2n) is 3.59. The SMILES string of the molecule is COc1cc(C[C@@H](C)O)cc2c1OCO2. The molecule has 1 aromatic carbocycles. The smallest absolute Gasteiger partial charge is 0.231 e. The lowest BCUT2D eigenvalue weighted by Crippen LogP contribution is -2.04. The molecular formula is C11H14O4. The molecular weight excluding hydrogens is 196 g/mol. The number of methoxy groups -OCH3 is 1. The second kappa shape index (κ2) is 3.98. The first-order chi connectivity index (χ1) is 7.20. The van der Waals surface area contributed by atoms with Gasteiger partial charge in [-0.25, -0.2) is 0 Å². The topological polar surface area (TPSA) is 47.9 Å². The standard InChI is InChI=1S/C11H14O4/c1-7(12)3-8-4-9(13-2)11-10(5-8)14-6-15-11/h4-5,7,12H,3,6H2,1-2H3/t7-/m1/s1. The highest BCUT2D eigenvalue weighted by Crippen LogP contribution is 2.41. The number of hydrogen-bond donors (Lipinski definition) is 1. The molecule has 0 aliphatic carbocycles. The van der Waals surface area contributed by atoms with E-state index in [-0.39, 0.29) is 12.9 Å². The number of fused-ring (bicyclic) bond motifs is 1. The van der Waals surface area contributed by atoms with Crippen LogP contribution < -0.4 is 14.2 Å². The Morgan fingerprint density at radius 1 is 1.47 bits per heavy atom. The van der Waals surface area contributed by atoms with Gasteiger partial charge in [-0.15, -0.1) is 0 Å². The van der Waals surface area contributed by atoms with E-state index in [4.69, 9.17) is 14.2 Å². The zero-order valence-corrected chi connectivity index (χ0v) is 8.82. The minimum Gasteiger partial charge on any atom is -0.493 e. The summed E-state index contributed by atoms with van der Waals surface area (Å²) in [7, 11) is 1.59. The van der Waals surface area contributed by atoms with Crippen LogP contribution in [0.15, 0.2) is 12.1 Å². The molecule has 1 aromatic rings. The lowest BCUT2D eigenvalue weighted by atomic mass is 10.1. The van der Waals surface area contributed by atoms with Gasteiger partial charge in [-0.3, -0.25) is 0 Å². The van der Waals surface area contributed by atoms with E-state index in [0.717, 1.165) is 5.56 Å². The molecule has 1 N–H and O–H groups in total. The van der Waals surface area contributed by atoms with Crippen molar-refractivity contribution in [2.75, 3.05) is 13.9 Å². The number of aliphatic hydroxyl groups excluding tert-OH is 1. The lowest BCUT2D eigenvalue weighted by Gasteiger charge is -2.09. The molecule has 0 amide bonds. The fourth-order valence-corrected chi connectivity index (χ4v) is 1.64. The van der Waals surface area contributed by atoms with Crippen molar-refractivity contribution in [1.82, 2.24) is 0 Å². The Balaban J connectivity index is 2.34. The average molecular weight is 210 g/mol. The summed E-state index contributed by atoms with van der Waals surface area (Å²) in [5.41, 5.74) is 0.978. The number of rotatable bonds is 3. The van der Waals surface area contributed by atoms with Gasteiger partial charge in [0, 0.05) is 0 Å². The second-order valence-corrected chi connectivity index (χ2v) is 3.59. The molecule has 0 bridgehead atoms. The van der Waals surface area contributed by atoms with E-state index in [9.17, 15) is 5.11 Å². The molecule has 1 aliphatic rings. The van der Waals surface area contributed by atoms with Gasteiger partial charge in [0.15, 0.2) is 11.5 Å². The van der Waals surface area contributed by atoms with Gasteiger partial charge >= 0.3 is 0 Å². The third kappa shape index (κ3) is 1.99. The monoisotopic (exact) mass is 210 g/mol. The highest BCUT2D eigenvalue weighted by atomic mass is 16.7. The Labute approximate surface area is 88.4 Å². The summed E-state index contributed by atoms with van der Waals surface area (Å²) >= 11 is 0. The normalized spacial score (nSPS) is 15.1. The third-order valence-corrected chi connectivity index (χ3v) is 2.25. The molecule has 0 fully saturated rings. The average Bonchev–Trinajstić information content (AvgIpc) is 2.63. The van der Waals surface area contributed by atoms with Crippen LogP contribution in [-0.2, 0) is 6.42 Å². The number of hydrogen-bond acceptors (Lipinski definition) is 4. The summed E-state index contributed by atoms with van der Waals surface area (Å²) in [6.07, 6.45) is 0.197. The number of ether oxygens (including phenoxy) is 3. The van der Waals surface area contributed by atoms with E-state index < -0.39 is 0 Å². The van der Waals surface area contributed by atoms with E-state index in [0.29, 0.717) is 23.7 Å². The Morgan fingerprint density at radius 3 is 2.93 bits per heavy atom. The van der Waals surface area contributed by atoms with Crippen molar-refractivity contribution in [2.45, 2.75) is 19.4 Å². The van der Waals surface area contributed by atoms with Crippen molar-refractivity contribution in [3.05, 3.63) is 17.7 Å². The maximum atomic E-state index is 9.31. The van der Waals surface area contributed by atoms with Gasteiger partial charge in [0.05, 0.1) is 13.2 Å². The van der Waals surface area contributed by atoms with E-state index in [2.05, 4.69) is 0 Å². The van der Waals surface area contributed by atoms with Crippen LogP contribution in [0.4, 0.5) is 0 Å². The summed E-state index contributed by atoms with van der Waals surface area (Å²) in [6.45, 7) is 1.97. The van der Waals surface area contributed by atoms with Crippen LogP contribution >= 0.6 is 0 Å². The van der Waals surface area contributed by atoms with Crippen molar-refractivity contribution < 1.29 is 19.3 Å². The Morgan fingerprint density at radius 2 is 2.27 bits per heavy atom. The van der Waals surface area contributed by atoms with Crippen molar-refractivity contribution in [2.24, 2.45) is 0 Å². The first-order valence-electron chi connectivity index (χ1n) is 4.85. The van der Waals surface area contributed by atoms with Gasteiger partial charge in [-0.05, 0) is 31.0 Å². The summed E-state index contributed by atoms with van der Waals surface area (Å²) < 4.78 is 15.7. The largest absolute Gasteiger partial charge is 0.493 e. The van der Waals surface area contributed by atoms with Crippen LogP contribution in [0.5, 0.6) is 17.2 Å². The van der Waals surface area contributed by atoms with Crippen molar-refractivity contribution in [3.63, 3.8) is 0 Å². The first-order valence-corrected chi connectivity index (χ1v) is 4.85. The van der Waals surface area contributed by atoms with Crippen LogP contribution in [0, 0.1) is 0 Å². The predicted octanol–water partition coefficient (Wildman–Crippen LogP) is 1.35. The molecule has 0 saturated carbocycles. The highest BCUT2D eigenvalue weighted by molar-refractivity contribution is 5.55. The molecule has 2 rings (SSSR count). The van der Waals surface area contributed by atoms with Crippen molar-refractivity contribution in [1.29, 1.82) is 0 Å². The summed E-state index contributed by atoms with van der Waals surface area (Å²) in [5, 5.41) is 9.31. The zero-order chi connectivity index (χ0) is 10.8. The fourth-order valence-electron chi connectivity index (χ4n) is 1.64. The molecule has 0 spiro atoms. The van der Waals surface area contributed by atoms with Gasteiger partial charge in [-0.2, -0.15) is 0 Å². The predicted molar refractivity (Wildman–Crippen MR) is 54.5 cm³/mol. The summed E-state index contributed by atoms with van der Waals surface area (Å²) in [5.74, 6) is 1.98. The Kier molecular flexibility index (Phi) is 2.68. The molecule has 0 aromatic heterocycles. The Bertz CT molecular complexity index is 360.